The molecular weight excluding hydrogens is 416 g/mol. The van der Waals surface area contributed by atoms with Gasteiger partial charge in [-0.2, -0.15) is 0 Å². The average Bonchev–Trinajstić information content (AvgIpc) is 3.44. The lowest BCUT2D eigenvalue weighted by atomic mass is 10.1. The summed E-state index contributed by atoms with van der Waals surface area (Å²) in [5.41, 5.74) is 6.61. The molecule has 4 aromatic rings. The summed E-state index contributed by atoms with van der Waals surface area (Å²) < 4.78 is 1.12. The third kappa shape index (κ3) is 4.75. The zero-order valence-corrected chi connectivity index (χ0v) is 18.9. The van der Waals surface area contributed by atoms with Crippen molar-refractivity contribution in [3.05, 3.63) is 40.6 Å². The molecule has 0 fully saturated rings. The number of carbonyl (C=O) groups excluding carboxylic acids is 1. The Labute approximate surface area is 183 Å². The van der Waals surface area contributed by atoms with Crippen molar-refractivity contribution >= 4 is 38.8 Å². The van der Waals surface area contributed by atoms with Crippen LogP contribution in [0.25, 0.3) is 32.2 Å². The molecule has 0 atom stereocenters. The molecule has 0 unspecified atom stereocenters. The fourth-order valence-electron chi connectivity index (χ4n) is 3.11. The van der Waals surface area contributed by atoms with E-state index in [-0.39, 0.29) is 5.91 Å². The summed E-state index contributed by atoms with van der Waals surface area (Å²) in [6.45, 7) is 3.45. The van der Waals surface area contributed by atoms with E-state index in [1.54, 1.807) is 22.7 Å². The van der Waals surface area contributed by atoms with Crippen LogP contribution < -0.4 is 5.32 Å². The van der Waals surface area contributed by atoms with Crippen LogP contribution in [0.5, 0.6) is 0 Å². The first-order chi connectivity index (χ1) is 14.5. The van der Waals surface area contributed by atoms with Gasteiger partial charge >= 0.3 is 0 Å². The van der Waals surface area contributed by atoms with Crippen LogP contribution >= 0.6 is 22.7 Å². The quantitative estimate of drug-likeness (QED) is 0.436. The summed E-state index contributed by atoms with van der Waals surface area (Å²) in [7, 11) is 3.98. The standard InChI is InChI=1S/C21H24N6OS2/c1-13-11-29-21(24-13)20-19(14-4-5-15-16(10-14)30-12-23-15)25-17(26-20)6-7-18(28)22-8-9-27(2)3/h4-5,10-12H,6-9H2,1-3H3,(H,22,28)(H,25,26). The normalized spacial score (nSPS) is 11.5. The molecule has 0 saturated carbocycles. The molecule has 1 aromatic carbocycles. The van der Waals surface area contributed by atoms with E-state index < -0.39 is 0 Å². The number of amides is 1. The first kappa shape index (κ1) is 20.6. The monoisotopic (exact) mass is 440 g/mol. The maximum atomic E-state index is 12.2. The van der Waals surface area contributed by atoms with Gasteiger partial charge in [0.05, 0.1) is 21.4 Å². The number of aromatic amines is 1. The second kappa shape index (κ2) is 9.03. The number of H-pyrrole nitrogens is 1. The van der Waals surface area contributed by atoms with Crippen molar-refractivity contribution in [2.45, 2.75) is 19.8 Å². The van der Waals surface area contributed by atoms with Crippen molar-refractivity contribution in [3.63, 3.8) is 0 Å². The van der Waals surface area contributed by atoms with E-state index in [0.29, 0.717) is 19.4 Å². The van der Waals surface area contributed by atoms with Crippen molar-refractivity contribution in [2.75, 3.05) is 27.2 Å². The number of benzene rings is 1. The van der Waals surface area contributed by atoms with Gasteiger partial charge in [-0.3, -0.25) is 4.79 Å². The third-order valence-corrected chi connectivity index (χ3v) is 6.43. The molecule has 2 N–H and O–H groups in total. The highest BCUT2D eigenvalue weighted by atomic mass is 32.1. The Hall–Kier alpha value is -2.62. The average molecular weight is 441 g/mol. The fraction of sp³-hybridized carbons (Fsp3) is 0.333. The number of aromatic nitrogens is 4. The number of nitrogens with one attached hydrogen (secondary N) is 2. The summed E-state index contributed by atoms with van der Waals surface area (Å²) in [6.07, 6.45) is 0.943. The molecular formula is C21H24N6OS2. The predicted molar refractivity (Wildman–Crippen MR) is 123 cm³/mol. The van der Waals surface area contributed by atoms with Crippen LogP contribution in [0, 0.1) is 6.92 Å². The molecule has 0 aliphatic carbocycles. The lowest BCUT2D eigenvalue weighted by molar-refractivity contribution is -0.121. The molecule has 9 heteroatoms. The lowest BCUT2D eigenvalue weighted by Gasteiger charge is -2.09. The molecule has 156 valence electrons. The van der Waals surface area contributed by atoms with Gasteiger partial charge in [0.1, 0.15) is 16.5 Å². The van der Waals surface area contributed by atoms with E-state index in [4.69, 9.17) is 4.98 Å². The number of imidazole rings is 1. The summed E-state index contributed by atoms with van der Waals surface area (Å²) >= 11 is 3.21. The molecule has 1 amide bonds. The minimum Gasteiger partial charge on any atom is -0.355 e. The number of hydrogen-bond acceptors (Lipinski definition) is 7. The van der Waals surface area contributed by atoms with E-state index in [1.165, 1.54) is 0 Å². The van der Waals surface area contributed by atoms with Crippen LogP contribution in [-0.2, 0) is 11.2 Å². The Morgan fingerprint density at radius 3 is 2.87 bits per heavy atom. The van der Waals surface area contributed by atoms with Gasteiger partial charge in [-0.15, -0.1) is 22.7 Å². The van der Waals surface area contributed by atoms with Gasteiger partial charge in [0.2, 0.25) is 5.91 Å². The number of thiazole rings is 2. The topological polar surface area (TPSA) is 86.8 Å². The van der Waals surface area contributed by atoms with Gasteiger partial charge in [-0.25, -0.2) is 15.0 Å². The Morgan fingerprint density at radius 1 is 1.23 bits per heavy atom. The van der Waals surface area contributed by atoms with E-state index in [9.17, 15) is 4.79 Å². The van der Waals surface area contributed by atoms with E-state index >= 15 is 0 Å². The van der Waals surface area contributed by atoms with Gasteiger partial charge in [0, 0.05) is 42.6 Å². The first-order valence-electron chi connectivity index (χ1n) is 9.76. The second-order valence-electron chi connectivity index (χ2n) is 7.39. The van der Waals surface area contributed by atoms with Crippen molar-refractivity contribution < 1.29 is 4.79 Å². The van der Waals surface area contributed by atoms with Gasteiger partial charge in [0.15, 0.2) is 0 Å². The summed E-state index contributed by atoms with van der Waals surface area (Å²) in [5.74, 6) is 0.826. The van der Waals surface area contributed by atoms with Gasteiger partial charge in [-0.1, -0.05) is 6.07 Å². The fourth-order valence-corrected chi connectivity index (χ4v) is 4.63. The van der Waals surface area contributed by atoms with Crippen molar-refractivity contribution in [1.82, 2.24) is 30.2 Å². The Bertz CT molecular complexity index is 1160. The molecule has 3 heterocycles. The van der Waals surface area contributed by atoms with Crippen LogP contribution in [0.3, 0.4) is 0 Å². The molecule has 0 radical (unpaired) electrons. The molecule has 0 spiro atoms. The highest BCUT2D eigenvalue weighted by Crippen LogP contribution is 2.34. The Kier molecular flexibility index (Phi) is 6.21. The minimum absolute atomic E-state index is 0.0347. The van der Waals surface area contributed by atoms with Gasteiger partial charge < -0.3 is 15.2 Å². The highest BCUT2D eigenvalue weighted by Gasteiger charge is 2.18. The van der Waals surface area contributed by atoms with Crippen LogP contribution in [0.1, 0.15) is 17.9 Å². The largest absolute Gasteiger partial charge is 0.355 e. The number of nitrogens with zero attached hydrogens (tertiary/aromatic N) is 4. The van der Waals surface area contributed by atoms with E-state index in [1.807, 2.05) is 48.9 Å². The summed E-state index contributed by atoms with van der Waals surface area (Å²) in [5, 5.41) is 5.89. The Balaban J connectivity index is 1.57. The zero-order valence-electron chi connectivity index (χ0n) is 17.2. The molecule has 7 nitrogen and oxygen atoms in total. The number of fused-ring (bicyclic) bond motifs is 1. The van der Waals surface area contributed by atoms with Gasteiger partial charge in [-0.05, 0) is 33.2 Å². The van der Waals surface area contributed by atoms with E-state index in [2.05, 4.69) is 26.3 Å². The van der Waals surface area contributed by atoms with Crippen LogP contribution in [0.2, 0.25) is 0 Å². The number of rotatable bonds is 8. The summed E-state index contributed by atoms with van der Waals surface area (Å²) in [4.78, 5) is 31.5. The van der Waals surface area contributed by atoms with Crippen LogP contribution in [0.15, 0.2) is 29.1 Å². The maximum Gasteiger partial charge on any atom is 0.220 e. The number of carbonyl (C=O) groups is 1. The molecule has 0 aliphatic heterocycles. The van der Waals surface area contributed by atoms with Crippen molar-refractivity contribution in [2.24, 2.45) is 0 Å². The zero-order chi connectivity index (χ0) is 21.1. The SMILES string of the molecule is Cc1csc(-c2[nH]c(CCC(=O)NCCN(C)C)nc2-c2ccc3ncsc3c2)n1. The van der Waals surface area contributed by atoms with E-state index in [0.717, 1.165) is 50.2 Å². The summed E-state index contributed by atoms with van der Waals surface area (Å²) in [6, 6.07) is 6.18. The van der Waals surface area contributed by atoms with Crippen LogP contribution in [-0.4, -0.2) is 57.9 Å². The molecule has 0 bridgehead atoms. The third-order valence-electron chi connectivity index (χ3n) is 4.66. The molecule has 30 heavy (non-hydrogen) atoms. The minimum atomic E-state index is 0.0347. The number of likely N-dealkylation sites (N-methyl/N-ethyl adjacent to an activating group) is 1. The molecule has 4 rings (SSSR count). The first-order valence-corrected chi connectivity index (χ1v) is 11.5. The molecule has 0 saturated heterocycles. The predicted octanol–water partition coefficient (Wildman–Crippen LogP) is 3.73. The highest BCUT2D eigenvalue weighted by molar-refractivity contribution is 7.16. The smallest absolute Gasteiger partial charge is 0.220 e. The number of hydrogen-bond donors (Lipinski definition) is 2. The van der Waals surface area contributed by atoms with Gasteiger partial charge in [0.25, 0.3) is 0 Å². The lowest BCUT2D eigenvalue weighted by Crippen LogP contribution is -2.31. The van der Waals surface area contributed by atoms with Crippen LogP contribution in [0.4, 0.5) is 0 Å². The second-order valence-corrected chi connectivity index (χ2v) is 9.13. The van der Waals surface area contributed by atoms with Crippen molar-refractivity contribution in [1.29, 1.82) is 0 Å². The molecule has 0 aliphatic rings. The molecule has 3 aromatic heterocycles. The number of aryl methyl sites for hydroxylation is 2. The van der Waals surface area contributed by atoms with Crippen molar-refractivity contribution in [3.8, 4) is 22.0 Å². The maximum absolute atomic E-state index is 12.2. The Morgan fingerprint density at radius 2 is 2.10 bits per heavy atom.